The number of halogens is 1. The molecule has 0 atom stereocenters. The first-order chi connectivity index (χ1) is 15.9. The number of para-hydroxylation sites is 1. The molecular formula is C23H17ClN4O4S. The summed E-state index contributed by atoms with van der Waals surface area (Å²) >= 11 is 7.42. The molecule has 0 fully saturated rings. The van der Waals surface area contributed by atoms with Crippen LogP contribution in [0.3, 0.4) is 0 Å². The van der Waals surface area contributed by atoms with Crippen LogP contribution in [0.2, 0.25) is 5.02 Å². The lowest BCUT2D eigenvalue weighted by molar-refractivity contribution is -0.384. The van der Waals surface area contributed by atoms with E-state index in [2.05, 4.69) is 10.3 Å². The van der Waals surface area contributed by atoms with Gasteiger partial charge in [0.1, 0.15) is 0 Å². The molecule has 4 aromatic rings. The van der Waals surface area contributed by atoms with Gasteiger partial charge < -0.3 is 5.32 Å². The van der Waals surface area contributed by atoms with E-state index in [0.717, 1.165) is 17.3 Å². The maximum atomic E-state index is 13.2. The van der Waals surface area contributed by atoms with Crippen molar-refractivity contribution in [3.8, 4) is 0 Å². The molecule has 0 bridgehead atoms. The second-order valence-electron chi connectivity index (χ2n) is 7.04. The van der Waals surface area contributed by atoms with Crippen molar-refractivity contribution < 1.29 is 9.72 Å². The highest BCUT2D eigenvalue weighted by Gasteiger charge is 2.15. The van der Waals surface area contributed by atoms with E-state index >= 15 is 0 Å². The number of non-ortho nitro benzene ring substituents is 1. The fourth-order valence-electron chi connectivity index (χ4n) is 3.19. The molecule has 10 heteroatoms. The van der Waals surface area contributed by atoms with E-state index in [0.29, 0.717) is 26.8 Å². The van der Waals surface area contributed by atoms with Gasteiger partial charge in [0, 0.05) is 22.8 Å². The molecule has 0 spiro atoms. The Morgan fingerprint density at radius 3 is 2.48 bits per heavy atom. The molecule has 0 saturated carbocycles. The number of aromatic nitrogens is 2. The average molecular weight is 481 g/mol. The highest BCUT2D eigenvalue weighted by Crippen LogP contribution is 2.22. The van der Waals surface area contributed by atoms with Crippen LogP contribution >= 0.6 is 23.4 Å². The number of amides is 1. The number of carbonyl (C=O) groups is 1. The molecule has 3 aromatic carbocycles. The monoisotopic (exact) mass is 480 g/mol. The highest BCUT2D eigenvalue weighted by atomic mass is 35.5. The summed E-state index contributed by atoms with van der Waals surface area (Å²) in [6.07, 6.45) is 0. The number of nitrogens with one attached hydrogen (secondary N) is 1. The molecule has 0 radical (unpaired) electrons. The van der Waals surface area contributed by atoms with Crippen molar-refractivity contribution in [2.24, 2.45) is 0 Å². The standard InChI is InChI=1S/C23H17ClN4O4S/c24-19-7-3-1-5-15(19)13-27-22(30)18-6-2-4-8-20(18)26-23(27)33-14-21(29)25-16-9-11-17(12-10-16)28(31)32/h1-12H,13-14H2,(H,25,29). The Bertz CT molecular complexity index is 1410. The van der Waals surface area contributed by atoms with Crippen LogP contribution in [0.4, 0.5) is 11.4 Å². The van der Waals surface area contributed by atoms with Gasteiger partial charge in [0.15, 0.2) is 5.16 Å². The van der Waals surface area contributed by atoms with Crippen LogP contribution in [0.1, 0.15) is 5.56 Å². The zero-order valence-electron chi connectivity index (χ0n) is 17.1. The van der Waals surface area contributed by atoms with Gasteiger partial charge in [0.25, 0.3) is 11.2 Å². The average Bonchev–Trinajstić information content (AvgIpc) is 2.81. The fraction of sp³-hybridized carbons (Fsp3) is 0.0870. The largest absolute Gasteiger partial charge is 0.325 e. The van der Waals surface area contributed by atoms with Crippen LogP contribution < -0.4 is 10.9 Å². The second kappa shape index (κ2) is 9.85. The lowest BCUT2D eigenvalue weighted by atomic mass is 10.2. The van der Waals surface area contributed by atoms with E-state index < -0.39 is 4.92 Å². The fourth-order valence-corrected chi connectivity index (χ4v) is 4.18. The summed E-state index contributed by atoms with van der Waals surface area (Å²) in [5.74, 6) is -0.342. The highest BCUT2D eigenvalue weighted by molar-refractivity contribution is 7.99. The number of thioether (sulfide) groups is 1. The first-order valence-corrected chi connectivity index (χ1v) is 11.2. The van der Waals surface area contributed by atoms with Crippen molar-refractivity contribution in [2.45, 2.75) is 11.7 Å². The molecule has 0 aliphatic carbocycles. The Hall–Kier alpha value is -3.69. The number of hydrogen-bond donors (Lipinski definition) is 1. The summed E-state index contributed by atoms with van der Waals surface area (Å²) in [5.41, 5.74) is 1.45. The number of nitrogens with zero attached hydrogens (tertiary/aromatic N) is 3. The molecule has 1 N–H and O–H groups in total. The van der Waals surface area contributed by atoms with E-state index in [-0.39, 0.29) is 29.5 Å². The molecule has 0 saturated heterocycles. The Labute approximate surface area is 197 Å². The van der Waals surface area contributed by atoms with Crippen LogP contribution in [-0.2, 0) is 11.3 Å². The van der Waals surface area contributed by atoms with E-state index in [1.165, 1.54) is 28.8 Å². The third kappa shape index (κ3) is 5.21. The minimum atomic E-state index is -0.509. The SMILES string of the molecule is O=C(CSc1nc2ccccc2c(=O)n1Cc1ccccc1Cl)Nc1ccc([N+](=O)[O-])cc1. The number of anilines is 1. The number of rotatable bonds is 7. The lowest BCUT2D eigenvalue weighted by Gasteiger charge is -2.14. The van der Waals surface area contributed by atoms with Crippen LogP contribution in [0.5, 0.6) is 0 Å². The Kier molecular flexibility index (Phi) is 6.71. The number of nitro benzene ring substituents is 1. The summed E-state index contributed by atoms with van der Waals surface area (Å²) in [4.78, 5) is 40.5. The van der Waals surface area contributed by atoms with Gasteiger partial charge in [-0.3, -0.25) is 24.3 Å². The number of benzene rings is 3. The van der Waals surface area contributed by atoms with Crippen molar-refractivity contribution >= 4 is 51.5 Å². The third-order valence-corrected chi connectivity index (χ3v) is 6.15. The van der Waals surface area contributed by atoms with Gasteiger partial charge in [-0.05, 0) is 35.9 Å². The second-order valence-corrected chi connectivity index (χ2v) is 8.38. The normalized spacial score (nSPS) is 10.8. The van der Waals surface area contributed by atoms with E-state index in [4.69, 9.17) is 11.6 Å². The zero-order valence-corrected chi connectivity index (χ0v) is 18.7. The Morgan fingerprint density at radius 2 is 1.76 bits per heavy atom. The topological polar surface area (TPSA) is 107 Å². The minimum absolute atomic E-state index is 0.00963. The molecule has 0 aliphatic heterocycles. The Morgan fingerprint density at radius 1 is 1.06 bits per heavy atom. The van der Waals surface area contributed by atoms with Gasteiger partial charge in [0.2, 0.25) is 5.91 Å². The van der Waals surface area contributed by atoms with Gasteiger partial charge in [0.05, 0.1) is 28.1 Å². The van der Waals surface area contributed by atoms with Gasteiger partial charge in [-0.15, -0.1) is 0 Å². The predicted molar refractivity (Wildman–Crippen MR) is 129 cm³/mol. The maximum absolute atomic E-state index is 13.2. The molecule has 1 amide bonds. The predicted octanol–water partition coefficient (Wildman–Crippen LogP) is 4.74. The van der Waals surface area contributed by atoms with Gasteiger partial charge in [-0.2, -0.15) is 0 Å². The molecule has 1 aromatic heterocycles. The van der Waals surface area contributed by atoms with Crippen LogP contribution in [-0.4, -0.2) is 26.1 Å². The summed E-state index contributed by atoms with van der Waals surface area (Å²) in [6.45, 7) is 0.211. The first kappa shape index (κ1) is 22.5. The number of fused-ring (bicyclic) bond motifs is 1. The Balaban J connectivity index is 1.58. The van der Waals surface area contributed by atoms with Gasteiger partial charge in [-0.1, -0.05) is 53.7 Å². The van der Waals surface area contributed by atoms with Crippen molar-refractivity contribution in [3.05, 3.63) is 104 Å². The molecular weight excluding hydrogens is 464 g/mol. The molecule has 33 heavy (non-hydrogen) atoms. The summed E-state index contributed by atoms with van der Waals surface area (Å²) in [5, 5.41) is 14.9. The minimum Gasteiger partial charge on any atom is -0.325 e. The van der Waals surface area contributed by atoms with E-state index in [1.54, 1.807) is 30.3 Å². The van der Waals surface area contributed by atoms with Gasteiger partial charge in [-0.25, -0.2) is 4.98 Å². The van der Waals surface area contributed by atoms with Crippen molar-refractivity contribution in [3.63, 3.8) is 0 Å². The number of nitro groups is 1. The van der Waals surface area contributed by atoms with Crippen molar-refractivity contribution in [2.75, 3.05) is 11.1 Å². The van der Waals surface area contributed by atoms with Crippen LogP contribution in [0.25, 0.3) is 10.9 Å². The zero-order chi connectivity index (χ0) is 23.4. The van der Waals surface area contributed by atoms with Crippen LogP contribution in [0.15, 0.2) is 82.7 Å². The van der Waals surface area contributed by atoms with E-state index in [9.17, 15) is 19.7 Å². The lowest BCUT2D eigenvalue weighted by Crippen LogP contribution is -2.25. The van der Waals surface area contributed by atoms with Gasteiger partial charge >= 0.3 is 0 Å². The van der Waals surface area contributed by atoms with Crippen molar-refractivity contribution in [1.82, 2.24) is 9.55 Å². The summed E-state index contributed by atoms with van der Waals surface area (Å²) in [6, 6.07) is 19.8. The molecule has 4 rings (SSSR count). The summed E-state index contributed by atoms with van der Waals surface area (Å²) in [7, 11) is 0. The molecule has 1 heterocycles. The first-order valence-electron chi connectivity index (χ1n) is 9.82. The molecule has 0 aliphatic rings. The van der Waals surface area contributed by atoms with Crippen molar-refractivity contribution in [1.29, 1.82) is 0 Å². The smallest absolute Gasteiger partial charge is 0.269 e. The van der Waals surface area contributed by atoms with Crippen LogP contribution in [0, 0.1) is 10.1 Å². The maximum Gasteiger partial charge on any atom is 0.269 e. The molecule has 0 unspecified atom stereocenters. The number of carbonyl (C=O) groups excluding carboxylic acids is 1. The quantitative estimate of drug-likeness (QED) is 0.177. The third-order valence-electron chi connectivity index (χ3n) is 4.81. The summed E-state index contributed by atoms with van der Waals surface area (Å²) < 4.78 is 1.51. The van der Waals surface area contributed by atoms with E-state index in [1.807, 2.05) is 18.2 Å². The molecule has 8 nitrogen and oxygen atoms in total. The number of hydrogen-bond acceptors (Lipinski definition) is 6. The molecule has 166 valence electrons.